The van der Waals surface area contributed by atoms with Gasteiger partial charge in [0.05, 0.1) is 61.9 Å². The van der Waals surface area contributed by atoms with Crippen LogP contribution in [0.3, 0.4) is 0 Å². The molecular weight excluding hydrogens is 773 g/mol. The first-order valence-corrected chi connectivity index (χ1v) is 20.2. The van der Waals surface area contributed by atoms with Crippen LogP contribution < -0.4 is 18.9 Å². The minimum Gasteiger partial charge on any atom is -0.497 e. The van der Waals surface area contributed by atoms with Crippen LogP contribution in [0.15, 0.2) is 194 Å². The lowest BCUT2D eigenvalue weighted by Gasteiger charge is -2.15. The molecule has 0 amide bonds. The Morgan fingerprint density at radius 3 is 0.968 bits per heavy atom. The Bertz CT molecular complexity index is 3030. The Morgan fingerprint density at radius 2 is 0.597 bits per heavy atom. The fraction of sp³-hybridized carbons (Fsp3) is 0.0769. The molecule has 4 aromatic heterocycles. The van der Waals surface area contributed by atoms with E-state index in [9.17, 15) is 0 Å². The van der Waals surface area contributed by atoms with Gasteiger partial charge in [-0.25, -0.2) is 0 Å². The maximum absolute atomic E-state index is 5.72. The molecule has 62 heavy (non-hydrogen) atoms. The summed E-state index contributed by atoms with van der Waals surface area (Å²) in [5.41, 5.74) is 11.0. The molecule has 0 atom stereocenters. The largest absolute Gasteiger partial charge is 0.497 e. The predicted molar refractivity (Wildman–Crippen MR) is 250 cm³/mol. The fourth-order valence-corrected chi connectivity index (χ4v) is 7.62. The van der Waals surface area contributed by atoms with Crippen LogP contribution in [0.5, 0.6) is 23.0 Å². The van der Waals surface area contributed by atoms with Crippen LogP contribution in [-0.4, -0.2) is 57.1 Å². The first kappa shape index (κ1) is 39.2. The second-order valence-electron chi connectivity index (χ2n) is 14.5. The fourth-order valence-electron chi connectivity index (χ4n) is 7.62. The van der Waals surface area contributed by atoms with Crippen LogP contribution >= 0.6 is 0 Å². The number of H-pyrrole nitrogens is 2. The van der Waals surface area contributed by atoms with E-state index >= 15 is 0 Å². The summed E-state index contributed by atoms with van der Waals surface area (Å²) in [5, 5.41) is 7.43. The molecule has 0 unspecified atom stereocenters. The smallest absolute Gasteiger partial charge is 0.121 e. The molecule has 10 heteroatoms. The van der Waals surface area contributed by atoms with Crippen molar-refractivity contribution in [1.82, 2.24) is 28.7 Å². The molecule has 0 aliphatic carbocycles. The second kappa shape index (κ2) is 17.5. The van der Waals surface area contributed by atoms with Crippen molar-refractivity contribution >= 4 is 44.1 Å². The molecule has 0 radical (unpaired) electrons. The summed E-state index contributed by atoms with van der Waals surface area (Å²) in [6, 6.07) is 66.0. The van der Waals surface area contributed by atoms with E-state index in [1.54, 1.807) is 28.4 Å². The maximum atomic E-state index is 5.72. The summed E-state index contributed by atoms with van der Waals surface area (Å²) in [4.78, 5) is 0. The summed E-state index contributed by atoms with van der Waals surface area (Å²) < 4.78 is 31.4. The zero-order chi connectivity index (χ0) is 42.4. The highest BCUT2D eigenvalue weighted by Gasteiger charge is 2.08. The lowest BCUT2D eigenvalue weighted by Crippen LogP contribution is -2.03. The number of methoxy groups -OCH3 is 4. The van der Waals surface area contributed by atoms with E-state index in [1.165, 1.54) is 0 Å². The molecule has 10 nitrogen and oxygen atoms in total. The zero-order valence-corrected chi connectivity index (χ0v) is 34.9. The van der Waals surface area contributed by atoms with Gasteiger partial charge in [0.2, 0.25) is 0 Å². The van der Waals surface area contributed by atoms with E-state index in [0.717, 1.165) is 89.9 Å². The standard InChI is InChI=1S/C52H46N6O4/c1-59-49-19-7-13-43(33-49)55-39-27-23-37(24-28-39)53-57(47-17-9-21-51(35-47)61-3)45-15-6-16-46(32-45)58(48-18-10-22-52(36-48)62-4)54-38-25-29-40(30-26-38)56(42-12-5-11-41(55)31-42)44-14-8-20-50(34-44)60-2/h5-36,53-54H,1-4H3. The minimum absolute atomic E-state index is 0.742. The predicted octanol–water partition coefficient (Wildman–Crippen LogP) is 12.1. The summed E-state index contributed by atoms with van der Waals surface area (Å²) in [6.07, 6.45) is 0. The zero-order valence-electron chi connectivity index (χ0n) is 34.9. The van der Waals surface area contributed by atoms with Gasteiger partial charge in [0, 0.05) is 57.7 Å². The SMILES string of the molecule is COc1cccc(-n2[nH]c3ccc(cc3)n(-c3cccc(OC)c3)c3cccc(c3)n(-c3cccc(OC)c3)c3ccc(cc3)[nH]n(-c3cccc(OC)c3)c3cccc2c3)c1. The van der Waals surface area contributed by atoms with Crippen molar-refractivity contribution in [2.45, 2.75) is 0 Å². The van der Waals surface area contributed by atoms with E-state index in [0.29, 0.717) is 0 Å². The molecule has 8 aromatic carbocycles. The van der Waals surface area contributed by atoms with Crippen molar-refractivity contribution in [3.05, 3.63) is 194 Å². The summed E-state index contributed by atoms with van der Waals surface area (Å²) >= 11 is 0. The Morgan fingerprint density at radius 1 is 0.290 bits per heavy atom. The van der Waals surface area contributed by atoms with Gasteiger partial charge < -0.3 is 28.1 Å². The van der Waals surface area contributed by atoms with Crippen LogP contribution in [0.25, 0.3) is 66.9 Å². The molecule has 4 heterocycles. The Kier molecular flexibility index (Phi) is 11.1. The molecule has 0 saturated heterocycles. The number of rotatable bonds is 8. The van der Waals surface area contributed by atoms with Crippen molar-refractivity contribution in [3.8, 4) is 45.7 Å². The molecule has 0 spiro atoms. The molecule has 0 fully saturated rings. The Balaban J connectivity index is 1.45. The van der Waals surface area contributed by atoms with Gasteiger partial charge >= 0.3 is 0 Å². The number of hydrogen-bond donors (Lipinski definition) is 2. The monoisotopic (exact) mass is 818 g/mol. The highest BCUT2D eigenvalue weighted by atomic mass is 16.5. The summed E-state index contributed by atoms with van der Waals surface area (Å²) in [7, 11) is 6.74. The lowest BCUT2D eigenvalue weighted by atomic mass is 10.2. The third kappa shape index (κ3) is 8.17. The van der Waals surface area contributed by atoms with Gasteiger partial charge in [-0.1, -0.05) is 36.4 Å². The molecule has 12 rings (SSSR count). The highest BCUT2D eigenvalue weighted by molar-refractivity contribution is 5.74. The van der Waals surface area contributed by atoms with Crippen molar-refractivity contribution in [1.29, 1.82) is 0 Å². The number of aromatic nitrogens is 6. The first-order valence-electron chi connectivity index (χ1n) is 20.2. The molecule has 2 N–H and O–H groups in total. The second-order valence-corrected chi connectivity index (χ2v) is 14.5. The number of ether oxygens (including phenoxy) is 4. The van der Waals surface area contributed by atoms with Crippen LogP contribution in [-0.2, 0) is 0 Å². The van der Waals surface area contributed by atoms with Gasteiger partial charge in [-0.3, -0.25) is 19.6 Å². The molecule has 12 aromatic rings. The summed E-state index contributed by atoms with van der Waals surface area (Å²) in [5.74, 6) is 3.01. The van der Waals surface area contributed by atoms with Gasteiger partial charge in [0.15, 0.2) is 0 Å². The van der Waals surface area contributed by atoms with Crippen molar-refractivity contribution in [2.75, 3.05) is 28.4 Å². The minimum atomic E-state index is 0.742. The van der Waals surface area contributed by atoms with E-state index in [4.69, 9.17) is 18.9 Å². The van der Waals surface area contributed by atoms with Crippen LogP contribution in [0, 0.1) is 0 Å². The van der Waals surface area contributed by atoms with E-state index in [-0.39, 0.29) is 0 Å². The van der Waals surface area contributed by atoms with E-state index < -0.39 is 0 Å². The number of aromatic amines is 2. The van der Waals surface area contributed by atoms with Gasteiger partial charge in [-0.2, -0.15) is 0 Å². The normalized spacial score (nSPS) is 10.9. The summed E-state index contributed by atoms with van der Waals surface area (Å²) in [6.45, 7) is 0. The quantitative estimate of drug-likeness (QED) is 0.160. The number of benzene rings is 8. The van der Waals surface area contributed by atoms with Gasteiger partial charge in [-0.05, 0) is 133 Å². The molecular formula is C52H46N6O4. The number of nitrogens with zero attached hydrogens (tertiary/aromatic N) is 4. The maximum Gasteiger partial charge on any atom is 0.121 e. The van der Waals surface area contributed by atoms with E-state index in [2.05, 4.69) is 162 Å². The van der Waals surface area contributed by atoms with Crippen LogP contribution in [0.4, 0.5) is 0 Å². The highest BCUT2D eigenvalue weighted by Crippen LogP contribution is 2.27. The average Bonchev–Trinajstić information content (AvgIpc) is 3.33. The van der Waals surface area contributed by atoms with E-state index in [1.807, 2.05) is 60.7 Å². The van der Waals surface area contributed by atoms with Crippen molar-refractivity contribution in [2.24, 2.45) is 0 Å². The lowest BCUT2D eigenvalue weighted by molar-refractivity contribution is 0.414. The molecule has 0 aliphatic heterocycles. The third-order valence-corrected chi connectivity index (χ3v) is 10.7. The van der Waals surface area contributed by atoms with Gasteiger partial charge in [-0.15, -0.1) is 0 Å². The van der Waals surface area contributed by atoms with Crippen molar-refractivity contribution < 1.29 is 18.9 Å². The van der Waals surface area contributed by atoms with Crippen LogP contribution in [0.2, 0.25) is 0 Å². The topological polar surface area (TPSA) is 88.2 Å². The Labute approximate surface area is 358 Å². The Hall–Kier alpha value is -8.24. The van der Waals surface area contributed by atoms with Gasteiger partial charge in [0.25, 0.3) is 0 Å². The van der Waals surface area contributed by atoms with Gasteiger partial charge in [0.1, 0.15) is 23.0 Å². The average molecular weight is 819 g/mol. The molecule has 8 bridgehead atoms. The first-order chi connectivity index (χ1) is 30.5. The number of hydrogen-bond acceptors (Lipinski definition) is 4. The molecule has 0 saturated carbocycles. The third-order valence-electron chi connectivity index (χ3n) is 10.7. The molecule has 0 aliphatic rings. The molecule has 308 valence electrons. The number of nitrogens with one attached hydrogen (secondary N) is 2. The van der Waals surface area contributed by atoms with Crippen molar-refractivity contribution in [3.63, 3.8) is 0 Å². The van der Waals surface area contributed by atoms with Crippen LogP contribution in [0.1, 0.15) is 0 Å².